The molecule has 0 aliphatic carbocycles. The highest BCUT2D eigenvalue weighted by atomic mass is 79.9. The highest BCUT2D eigenvalue weighted by Gasteiger charge is 2.29. The van der Waals surface area contributed by atoms with Crippen LogP contribution in [0.4, 0.5) is 13.2 Å². The van der Waals surface area contributed by atoms with Gasteiger partial charge in [0.25, 0.3) is 0 Å². The summed E-state index contributed by atoms with van der Waals surface area (Å²) >= 11 is 9.06. The van der Waals surface area contributed by atoms with E-state index in [0.717, 1.165) is 12.1 Å². The van der Waals surface area contributed by atoms with E-state index in [1.165, 1.54) is 12.1 Å². The Bertz CT molecular complexity index is 666. The average molecular weight is 378 g/mol. The van der Waals surface area contributed by atoms with Crippen molar-refractivity contribution in [2.24, 2.45) is 0 Å². The van der Waals surface area contributed by atoms with Crippen LogP contribution in [0.2, 0.25) is 5.02 Å². The maximum atomic E-state index is 12.4. The van der Waals surface area contributed by atoms with E-state index in [2.05, 4.69) is 15.9 Å². The van der Waals surface area contributed by atoms with E-state index in [-0.39, 0.29) is 12.2 Å². The standard InChI is InChI=1S/C15H9BrClF3O/c16-12-8-10(3-6-13(12)17)14(21)7-9-1-4-11(5-2-9)15(18,19)20/h1-6,8H,7H2. The molecule has 2 aromatic rings. The van der Waals surface area contributed by atoms with Gasteiger partial charge in [-0.2, -0.15) is 13.2 Å². The number of benzene rings is 2. The van der Waals surface area contributed by atoms with Gasteiger partial charge in [0.1, 0.15) is 0 Å². The normalized spacial score (nSPS) is 11.5. The van der Waals surface area contributed by atoms with Crippen LogP contribution in [0.3, 0.4) is 0 Å². The van der Waals surface area contributed by atoms with Gasteiger partial charge in [-0.3, -0.25) is 4.79 Å². The molecule has 6 heteroatoms. The third kappa shape index (κ3) is 4.08. The van der Waals surface area contributed by atoms with Gasteiger partial charge in [0.2, 0.25) is 0 Å². The largest absolute Gasteiger partial charge is 0.416 e. The van der Waals surface area contributed by atoms with Gasteiger partial charge in [-0.1, -0.05) is 23.7 Å². The Morgan fingerprint density at radius 3 is 2.24 bits per heavy atom. The molecule has 0 aliphatic heterocycles. The molecule has 0 N–H and O–H groups in total. The van der Waals surface area contributed by atoms with Crippen molar-refractivity contribution >= 4 is 33.3 Å². The first-order valence-electron chi connectivity index (χ1n) is 5.92. The van der Waals surface area contributed by atoms with Crippen molar-refractivity contribution in [2.75, 3.05) is 0 Å². The number of halogens is 5. The molecule has 0 aliphatic rings. The summed E-state index contributed by atoms with van der Waals surface area (Å²) in [5.74, 6) is -0.188. The summed E-state index contributed by atoms with van der Waals surface area (Å²) < 4.78 is 37.9. The van der Waals surface area contributed by atoms with Crippen molar-refractivity contribution in [2.45, 2.75) is 12.6 Å². The van der Waals surface area contributed by atoms with Crippen LogP contribution >= 0.6 is 27.5 Å². The molecule has 0 atom stereocenters. The zero-order valence-corrected chi connectivity index (χ0v) is 12.9. The molecule has 0 amide bonds. The number of carbonyl (C=O) groups excluding carboxylic acids is 1. The Morgan fingerprint density at radius 2 is 1.71 bits per heavy atom. The molecule has 0 bridgehead atoms. The van der Waals surface area contributed by atoms with Crippen molar-refractivity contribution in [3.8, 4) is 0 Å². The molecule has 0 saturated heterocycles. The van der Waals surface area contributed by atoms with Crippen LogP contribution in [-0.4, -0.2) is 5.78 Å². The summed E-state index contributed by atoms with van der Waals surface area (Å²) in [6, 6.07) is 9.33. The fourth-order valence-electron chi connectivity index (χ4n) is 1.77. The smallest absolute Gasteiger partial charge is 0.294 e. The lowest BCUT2D eigenvalue weighted by molar-refractivity contribution is -0.137. The first-order chi connectivity index (χ1) is 9.77. The molecule has 110 valence electrons. The zero-order valence-electron chi connectivity index (χ0n) is 10.5. The van der Waals surface area contributed by atoms with E-state index < -0.39 is 11.7 Å². The topological polar surface area (TPSA) is 17.1 Å². The van der Waals surface area contributed by atoms with E-state index >= 15 is 0 Å². The van der Waals surface area contributed by atoms with Gasteiger partial charge in [0, 0.05) is 16.5 Å². The quantitative estimate of drug-likeness (QED) is 0.641. The maximum Gasteiger partial charge on any atom is 0.416 e. The fourth-order valence-corrected chi connectivity index (χ4v) is 2.26. The lowest BCUT2D eigenvalue weighted by atomic mass is 10.0. The average Bonchev–Trinajstić information content (AvgIpc) is 2.41. The molecule has 0 saturated carbocycles. The van der Waals surface area contributed by atoms with Gasteiger partial charge >= 0.3 is 6.18 Å². The summed E-state index contributed by atoms with van der Waals surface area (Å²) in [5.41, 5.74) is 0.248. The number of carbonyl (C=O) groups is 1. The molecule has 0 fully saturated rings. The molecule has 0 unspecified atom stereocenters. The molecule has 1 nitrogen and oxygen atoms in total. The highest BCUT2D eigenvalue weighted by Crippen LogP contribution is 2.29. The number of hydrogen-bond acceptors (Lipinski definition) is 1. The third-order valence-electron chi connectivity index (χ3n) is 2.89. The Morgan fingerprint density at radius 1 is 1.10 bits per heavy atom. The number of ketones is 1. The van der Waals surface area contributed by atoms with Gasteiger partial charge in [0.05, 0.1) is 10.6 Å². The summed E-state index contributed by atoms with van der Waals surface area (Å²) in [7, 11) is 0. The lowest BCUT2D eigenvalue weighted by Crippen LogP contribution is -2.06. The van der Waals surface area contributed by atoms with E-state index in [4.69, 9.17) is 11.6 Å². The molecule has 0 aromatic heterocycles. The van der Waals surface area contributed by atoms with Gasteiger partial charge < -0.3 is 0 Å². The van der Waals surface area contributed by atoms with E-state index in [1.54, 1.807) is 18.2 Å². The minimum absolute atomic E-state index is 0.0339. The summed E-state index contributed by atoms with van der Waals surface area (Å²) in [6.07, 6.45) is -4.34. The van der Waals surface area contributed by atoms with Crippen molar-refractivity contribution in [1.29, 1.82) is 0 Å². The maximum absolute atomic E-state index is 12.4. The van der Waals surface area contributed by atoms with Crippen LogP contribution in [0.5, 0.6) is 0 Å². The van der Waals surface area contributed by atoms with Gasteiger partial charge in [-0.15, -0.1) is 0 Å². The van der Waals surface area contributed by atoms with E-state index in [0.29, 0.717) is 20.6 Å². The molecular weight excluding hydrogens is 369 g/mol. The SMILES string of the molecule is O=C(Cc1ccc(C(F)(F)F)cc1)c1ccc(Cl)c(Br)c1. The predicted octanol–water partition coefficient (Wildman–Crippen LogP) is 5.55. The zero-order chi connectivity index (χ0) is 15.6. The molecule has 0 radical (unpaired) electrons. The Kier molecular flexibility index (Phi) is 4.74. The molecule has 0 heterocycles. The monoisotopic (exact) mass is 376 g/mol. The van der Waals surface area contributed by atoms with E-state index in [1.807, 2.05) is 0 Å². The third-order valence-corrected chi connectivity index (χ3v) is 4.10. The summed E-state index contributed by atoms with van der Waals surface area (Å²) in [4.78, 5) is 12.1. The fraction of sp³-hybridized carbons (Fsp3) is 0.133. The van der Waals surface area contributed by atoms with Crippen LogP contribution in [0, 0.1) is 0 Å². The lowest BCUT2D eigenvalue weighted by Gasteiger charge is -2.07. The van der Waals surface area contributed by atoms with Crippen molar-refractivity contribution in [3.05, 3.63) is 68.7 Å². The molecule has 0 spiro atoms. The first-order valence-corrected chi connectivity index (χ1v) is 7.09. The van der Waals surface area contributed by atoms with Crippen molar-refractivity contribution < 1.29 is 18.0 Å². The van der Waals surface area contributed by atoms with Crippen molar-refractivity contribution in [3.63, 3.8) is 0 Å². The minimum Gasteiger partial charge on any atom is -0.294 e. The predicted molar refractivity (Wildman–Crippen MR) is 78.6 cm³/mol. The number of hydrogen-bond donors (Lipinski definition) is 0. The van der Waals surface area contributed by atoms with Gasteiger partial charge in [0.15, 0.2) is 5.78 Å². The molecule has 21 heavy (non-hydrogen) atoms. The van der Waals surface area contributed by atoms with Crippen LogP contribution in [0.15, 0.2) is 46.9 Å². The van der Waals surface area contributed by atoms with Crippen LogP contribution in [0.25, 0.3) is 0 Å². The molecule has 2 rings (SSSR count). The Hall–Kier alpha value is -1.33. The first kappa shape index (κ1) is 16.0. The number of alkyl halides is 3. The highest BCUT2D eigenvalue weighted by molar-refractivity contribution is 9.10. The van der Waals surface area contributed by atoms with E-state index in [9.17, 15) is 18.0 Å². The van der Waals surface area contributed by atoms with Gasteiger partial charge in [-0.05, 0) is 51.8 Å². The van der Waals surface area contributed by atoms with Crippen LogP contribution < -0.4 is 0 Å². The van der Waals surface area contributed by atoms with Crippen LogP contribution in [0.1, 0.15) is 21.5 Å². The second-order valence-corrected chi connectivity index (χ2v) is 5.69. The second-order valence-electron chi connectivity index (χ2n) is 4.42. The summed E-state index contributed by atoms with van der Waals surface area (Å²) in [6.45, 7) is 0. The second kappa shape index (κ2) is 6.20. The molecular formula is C15H9BrClF3O. The van der Waals surface area contributed by atoms with Crippen molar-refractivity contribution in [1.82, 2.24) is 0 Å². The summed E-state index contributed by atoms with van der Waals surface area (Å²) in [5, 5.41) is 0.487. The molecule has 2 aromatic carbocycles. The Balaban J connectivity index is 2.14. The number of Topliss-reactive ketones (excluding diaryl/α,β-unsaturated/α-hetero) is 1. The minimum atomic E-state index is -4.37. The number of rotatable bonds is 3. The Labute approximate surface area is 132 Å². The van der Waals surface area contributed by atoms with Gasteiger partial charge in [-0.25, -0.2) is 0 Å². The van der Waals surface area contributed by atoms with Crippen LogP contribution in [-0.2, 0) is 12.6 Å².